The predicted octanol–water partition coefficient (Wildman–Crippen LogP) is 3.60. The zero-order valence-corrected chi connectivity index (χ0v) is 14.2. The van der Waals surface area contributed by atoms with E-state index in [1.54, 1.807) is 19.5 Å². The van der Waals surface area contributed by atoms with Gasteiger partial charge in [-0.1, -0.05) is 25.1 Å². The summed E-state index contributed by atoms with van der Waals surface area (Å²) in [6.45, 7) is 6.26. The molecule has 4 nitrogen and oxygen atoms in total. The van der Waals surface area contributed by atoms with E-state index in [4.69, 9.17) is 4.74 Å². The normalized spacial score (nSPS) is 12.7. The van der Waals surface area contributed by atoms with Crippen molar-refractivity contribution in [2.45, 2.75) is 19.4 Å². The molecule has 2 aromatic rings. The molecule has 0 aliphatic rings. The van der Waals surface area contributed by atoms with Gasteiger partial charge in [0.1, 0.15) is 24.8 Å². The third-order valence-electron chi connectivity index (χ3n) is 3.38. The van der Waals surface area contributed by atoms with Crippen LogP contribution in [-0.2, 0) is 4.57 Å². The van der Waals surface area contributed by atoms with Crippen molar-refractivity contribution in [1.29, 1.82) is 0 Å². The third-order valence-corrected chi connectivity index (χ3v) is 4.89. The van der Waals surface area contributed by atoms with Gasteiger partial charge in [-0.15, -0.1) is 0 Å². The lowest BCUT2D eigenvalue weighted by molar-refractivity contribution is 0.210. The molecule has 5 heteroatoms. The molecule has 1 aromatic heterocycles. The highest BCUT2D eigenvalue weighted by molar-refractivity contribution is 7.70. The van der Waals surface area contributed by atoms with E-state index in [2.05, 4.69) is 17.2 Å². The smallest absolute Gasteiger partial charge is 0.126 e. The van der Waals surface area contributed by atoms with E-state index >= 15 is 0 Å². The van der Waals surface area contributed by atoms with Crippen LogP contribution in [-0.4, -0.2) is 31.0 Å². The average Bonchev–Trinajstić information content (AvgIpc) is 2.52. The van der Waals surface area contributed by atoms with Gasteiger partial charge in [0.25, 0.3) is 0 Å². The number of benzene rings is 1. The average molecular weight is 318 g/mol. The number of nitrogens with one attached hydrogen (secondary N) is 1. The van der Waals surface area contributed by atoms with E-state index in [1.165, 1.54) is 0 Å². The first kappa shape index (κ1) is 16.6. The Morgan fingerprint density at radius 2 is 1.91 bits per heavy atom. The Morgan fingerprint density at radius 3 is 2.45 bits per heavy atom. The molecule has 0 spiro atoms. The fourth-order valence-corrected chi connectivity index (χ4v) is 2.76. The zero-order chi connectivity index (χ0) is 16.0. The van der Waals surface area contributed by atoms with Crippen molar-refractivity contribution in [3.63, 3.8) is 0 Å². The minimum absolute atomic E-state index is 0.0762. The number of hydrogen-bond donors (Lipinski definition) is 1. The van der Waals surface area contributed by atoms with Gasteiger partial charge < -0.3 is 14.6 Å². The molecule has 0 saturated carbocycles. The Balaban J connectivity index is 1.92. The summed E-state index contributed by atoms with van der Waals surface area (Å²) >= 11 is 0. The molecule has 0 bridgehead atoms. The van der Waals surface area contributed by atoms with Gasteiger partial charge in [-0.3, -0.25) is 0 Å². The van der Waals surface area contributed by atoms with Gasteiger partial charge in [0.05, 0.1) is 6.54 Å². The summed E-state index contributed by atoms with van der Waals surface area (Å²) in [5, 5.41) is 4.07. The quantitative estimate of drug-likeness (QED) is 0.793. The SMILES string of the molecule is CCC(CNc1ccc(P(C)(C)=O)cn1)Oc1ccccc1. The molecular formula is C17H23N2O2P. The van der Waals surface area contributed by atoms with Crippen LogP contribution in [0.25, 0.3) is 0 Å². The van der Waals surface area contributed by atoms with Gasteiger partial charge in [-0.05, 0) is 44.0 Å². The van der Waals surface area contributed by atoms with E-state index in [1.807, 2.05) is 42.5 Å². The standard InChI is InChI=1S/C17H23N2O2P/c1-4-14(21-15-8-6-5-7-9-15)12-18-17-11-10-16(13-19-17)22(2,3)20/h5-11,13-14H,4,12H2,1-3H3,(H,18,19). The molecule has 22 heavy (non-hydrogen) atoms. The van der Waals surface area contributed by atoms with Crippen molar-refractivity contribution < 1.29 is 9.30 Å². The first-order valence-corrected chi connectivity index (χ1v) is 10.1. The molecule has 2 rings (SSSR count). The fourth-order valence-electron chi connectivity index (χ4n) is 1.99. The molecule has 118 valence electrons. The van der Waals surface area contributed by atoms with Crippen molar-refractivity contribution in [2.75, 3.05) is 25.2 Å². The number of rotatable bonds is 7. The van der Waals surface area contributed by atoms with Crippen molar-refractivity contribution >= 4 is 18.3 Å². The molecule has 1 unspecified atom stereocenters. The maximum Gasteiger partial charge on any atom is 0.126 e. The summed E-state index contributed by atoms with van der Waals surface area (Å²) < 4.78 is 17.9. The largest absolute Gasteiger partial charge is 0.489 e. The highest BCUT2D eigenvalue weighted by Gasteiger charge is 2.12. The van der Waals surface area contributed by atoms with E-state index < -0.39 is 7.14 Å². The summed E-state index contributed by atoms with van der Waals surface area (Å²) in [5.74, 6) is 1.64. The first-order chi connectivity index (χ1) is 10.5. The van der Waals surface area contributed by atoms with Crippen LogP contribution in [0.1, 0.15) is 13.3 Å². The second-order valence-corrected chi connectivity index (χ2v) is 8.81. The van der Waals surface area contributed by atoms with Crippen LogP contribution in [0.4, 0.5) is 5.82 Å². The lowest BCUT2D eigenvalue weighted by atomic mass is 10.2. The Morgan fingerprint density at radius 1 is 1.18 bits per heavy atom. The van der Waals surface area contributed by atoms with Gasteiger partial charge >= 0.3 is 0 Å². The van der Waals surface area contributed by atoms with Crippen LogP contribution in [0.5, 0.6) is 5.75 Å². The molecule has 0 aliphatic heterocycles. The highest BCUT2D eigenvalue weighted by atomic mass is 31.2. The van der Waals surface area contributed by atoms with Crippen molar-refractivity contribution in [2.24, 2.45) is 0 Å². The number of aromatic nitrogens is 1. The van der Waals surface area contributed by atoms with Crippen LogP contribution in [0, 0.1) is 0 Å². The number of hydrogen-bond acceptors (Lipinski definition) is 4. The molecule has 0 saturated heterocycles. The maximum absolute atomic E-state index is 12.0. The van der Waals surface area contributed by atoms with Crippen LogP contribution in [0.15, 0.2) is 48.7 Å². The van der Waals surface area contributed by atoms with E-state index in [9.17, 15) is 4.57 Å². The molecule has 1 atom stereocenters. The fraction of sp³-hybridized carbons (Fsp3) is 0.353. The summed E-state index contributed by atoms with van der Waals surface area (Å²) in [6.07, 6.45) is 2.66. The number of ether oxygens (including phenoxy) is 1. The minimum Gasteiger partial charge on any atom is -0.489 e. The first-order valence-electron chi connectivity index (χ1n) is 7.46. The van der Waals surface area contributed by atoms with E-state index in [0.717, 1.165) is 23.3 Å². The second kappa shape index (κ2) is 7.46. The molecule has 0 amide bonds. The summed E-state index contributed by atoms with van der Waals surface area (Å²) in [6, 6.07) is 13.5. The Bertz CT molecular complexity index is 623. The van der Waals surface area contributed by atoms with Gasteiger partial charge in [-0.25, -0.2) is 4.98 Å². The molecule has 1 heterocycles. The Kier molecular flexibility index (Phi) is 5.62. The number of nitrogens with zero attached hydrogens (tertiary/aromatic N) is 1. The summed E-state index contributed by atoms with van der Waals surface area (Å²) in [5.41, 5.74) is 0. The maximum atomic E-state index is 12.0. The number of para-hydroxylation sites is 1. The van der Waals surface area contributed by atoms with Gasteiger partial charge in [0, 0.05) is 11.5 Å². The van der Waals surface area contributed by atoms with Crippen LogP contribution < -0.4 is 15.4 Å². The van der Waals surface area contributed by atoms with Gasteiger partial charge in [0.15, 0.2) is 0 Å². The lowest BCUT2D eigenvalue weighted by Crippen LogP contribution is -2.25. The Labute approximate surface area is 132 Å². The number of pyridine rings is 1. The zero-order valence-electron chi connectivity index (χ0n) is 13.3. The molecule has 0 radical (unpaired) electrons. The van der Waals surface area contributed by atoms with Gasteiger partial charge in [0.2, 0.25) is 0 Å². The van der Waals surface area contributed by atoms with Crippen molar-refractivity contribution in [3.8, 4) is 5.75 Å². The van der Waals surface area contributed by atoms with Crippen LogP contribution >= 0.6 is 7.14 Å². The number of anilines is 1. The van der Waals surface area contributed by atoms with Crippen LogP contribution in [0.3, 0.4) is 0 Å². The van der Waals surface area contributed by atoms with E-state index in [-0.39, 0.29) is 6.10 Å². The Hall–Kier alpha value is -1.80. The highest BCUT2D eigenvalue weighted by Crippen LogP contribution is 2.34. The molecule has 0 aliphatic carbocycles. The van der Waals surface area contributed by atoms with E-state index in [0.29, 0.717) is 6.54 Å². The molecule has 1 N–H and O–H groups in total. The molecule has 0 fully saturated rings. The lowest BCUT2D eigenvalue weighted by Gasteiger charge is -2.18. The summed E-state index contributed by atoms with van der Waals surface area (Å²) in [7, 11) is -2.24. The minimum atomic E-state index is -2.24. The summed E-state index contributed by atoms with van der Waals surface area (Å²) in [4.78, 5) is 4.32. The second-order valence-electron chi connectivity index (χ2n) is 5.59. The molecular weight excluding hydrogens is 295 g/mol. The topological polar surface area (TPSA) is 51.2 Å². The van der Waals surface area contributed by atoms with Crippen molar-refractivity contribution in [1.82, 2.24) is 4.98 Å². The monoisotopic (exact) mass is 318 g/mol. The molecule has 1 aromatic carbocycles. The third kappa shape index (κ3) is 4.88. The van der Waals surface area contributed by atoms with Crippen molar-refractivity contribution in [3.05, 3.63) is 48.7 Å². The van der Waals surface area contributed by atoms with Crippen LogP contribution in [0.2, 0.25) is 0 Å². The predicted molar refractivity (Wildman–Crippen MR) is 93.0 cm³/mol. The van der Waals surface area contributed by atoms with Gasteiger partial charge in [-0.2, -0.15) is 0 Å².